The Hall–Kier alpha value is -3.22. The van der Waals surface area contributed by atoms with Gasteiger partial charge in [0.05, 0.1) is 18.1 Å². The third kappa shape index (κ3) is 4.51. The normalized spacial score (nSPS) is 20.0. The van der Waals surface area contributed by atoms with Gasteiger partial charge < -0.3 is 14.6 Å². The second kappa shape index (κ2) is 9.68. The van der Waals surface area contributed by atoms with Crippen molar-refractivity contribution in [2.75, 3.05) is 18.0 Å². The van der Waals surface area contributed by atoms with Crippen LogP contribution in [0.4, 0.5) is 5.82 Å². The van der Waals surface area contributed by atoms with E-state index in [1.165, 1.54) is 10.1 Å². The van der Waals surface area contributed by atoms with E-state index in [0.717, 1.165) is 12.1 Å². The SMILES string of the molecule is CCn1c(CC#N)nc2c(N3C[C@@H](C)N(C(C)c4cccc(C(C)(C)O)c4)C[C@@H]3C)nc(=O)n(C)c21. The molecule has 9 nitrogen and oxygen atoms in total. The Morgan fingerprint density at radius 2 is 1.94 bits per heavy atom. The minimum Gasteiger partial charge on any atom is -0.386 e. The fraction of sp³-hybridized carbons (Fsp3) is 0.556. The van der Waals surface area contributed by atoms with Crippen LogP contribution in [0.3, 0.4) is 0 Å². The van der Waals surface area contributed by atoms with Gasteiger partial charge in [-0.25, -0.2) is 9.78 Å². The van der Waals surface area contributed by atoms with Gasteiger partial charge in [0.25, 0.3) is 0 Å². The highest BCUT2D eigenvalue weighted by atomic mass is 16.3. The monoisotopic (exact) mass is 491 g/mol. The standard InChI is InChI=1S/C27H37N7O2/c1-8-32-22(12-13-28)29-23-24(30-26(35)31(7)25(23)32)34-16-17(2)33(15-18(34)3)19(4)20-10-9-11-21(14-20)27(5,6)36/h9-11,14,17-19,36H,8,12,15-16H2,1-7H3/t17-,18+,19?/m1/s1. The van der Waals surface area contributed by atoms with E-state index in [2.05, 4.69) is 53.8 Å². The van der Waals surface area contributed by atoms with Gasteiger partial charge in [0, 0.05) is 44.8 Å². The van der Waals surface area contributed by atoms with Crippen LogP contribution in [0.2, 0.25) is 0 Å². The first kappa shape index (κ1) is 25.9. The lowest BCUT2D eigenvalue weighted by molar-refractivity contribution is 0.0780. The Labute approximate surface area is 212 Å². The molecule has 1 aromatic carbocycles. The predicted octanol–water partition coefficient (Wildman–Crippen LogP) is 3.10. The first-order chi connectivity index (χ1) is 17.0. The molecule has 2 aromatic heterocycles. The third-order valence-corrected chi connectivity index (χ3v) is 7.47. The smallest absolute Gasteiger partial charge is 0.350 e. The summed E-state index contributed by atoms with van der Waals surface area (Å²) in [6, 6.07) is 10.8. The number of aromatic nitrogens is 4. The molecular weight excluding hydrogens is 454 g/mol. The molecule has 0 aliphatic carbocycles. The topological polar surface area (TPSA) is 103 Å². The number of nitriles is 1. The Morgan fingerprint density at radius 3 is 2.58 bits per heavy atom. The van der Waals surface area contributed by atoms with E-state index in [9.17, 15) is 15.2 Å². The molecule has 0 radical (unpaired) electrons. The van der Waals surface area contributed by atoms with Crippen molar-refractivity contribution in [3.63, 3.8) is 0 Å². The Balaban J connectivity index is 1.69. The molecule has 1 saturated heterocycles. The summed E-state index contributed by atoms with van der Waals surface area (Å²) in [7, 11) is 1.71. The number of piperazine rings is 1. The molecule has 3 atom stereocenters. The molecule has 1 aliphatic rings. The van der Waals surface area contributed by atoms with E-state index in [-0.39, 0.29) is 30.2 Å². The number of imidazole rings is 1. The summed E-state index contributed by atoms with van der Waals surface area (Å²) in [5.41, 5.74) is 2.22. The second-order valence-corrected chi connectivity index (χ2v) is 10.5. The number of anilines is 1. The lowest BCUT2D eigenvalue weighted by atomic mass is 9.93. The average molecular weight is 492 g/mol. The maximum atomic E-state index is 12.9. The molecule has 1 fully saturated rings. The van der Waals surface area contributed by atoms with Crippen LogP contribution in [0.1, 0.15) is 64.5 Å². The van der Waals surface area contributed by atoms with Crippen LogP contribution in [0, 0.1) is 11.3 Å². The van der Waals surface area contributed by atoms with Crippen molar-refractivity contribution in [3.05, 3.63) is 51.7 Å². The van der Waals surface area contributed by atoms with Crippen LogP contribution < -0.4 is 10.6 Å². The van der Waals surface area contributed by atoms with Gasteiger partial charge in [0.1, 0.15) is 17.0 Å². The van der Waals surface area contributed by atoms with Gasteiger partial charge in [-0.1, -0.05) is 24.3 Å². The zero-order valence-corrected chi connectivity index (χ0v) is 22.4. The van der Waals surface area contributed by atoms with Gasteiger partial charge in [-0.3, -0.25) is 9.47 Å². The molecule has 0 spiro atoms. The molecule has 0 saturated carbocycles. The van der Waals surface area contributed by atoms with Crippen molar-refractivity contribution in [2.24, 2.45) is 7.05 Å². The minimum atomic E-state index is -0.893. The maximum Gasteiger partial charge on any atom is 0.350 e. The summed E-state index contributed by atoms with van der Waals surface area (Å²) in [5, 5.41) is 19.8. The number of benzene rings is 1. The summed E-state index contributed by atoms with van der Waals surface area (Å²) in [6.45, 7) is 14.2. The summed E-state index contributed by atoms with van der Waals surface area (Å²) in [4.78, 5) is 26.8. The summed E-state index contributed by atoms with van der Waals surface area (Å²) in [6.07, 6.45) is 0.178. The number of fused-ring (bicyclic) bond motifs is 1. The second-order valence-electron chi connectivity index (χ2n) is 10.5. The first-order valence-electron chi connectivity index (χ1n) is 12.7. The van der Waals surface area contributed by atoms with E-state index < -0.39 is 5.60 Å². The highest BCUT2D eigenvalue weighted by Crippen LogP contribution is 2.33. The quantitative estimate of drug-likeness (QED) is 0.565. The molecule has 0 bridgehead atoms. The fourth-order valence-corrected chi connectivity index (χ4v) is 5.39. The van der Waals surface area contributed by atoms with Crippen LogP contribution >= 0.6 is 0 Å². The Kier molecular flexibility index (Phi) is 6.95. The number of aryl methyl sites for hydroxylation is 2. The highest BCUT2D eigenvalue weighted by molar-refractivity contribution is 5.84. The van der Waals surface area contributed by atoms with Crippen LogP contribution in [-0.2, 0) is 25.6 Å². The van der Waals surface area contributed by atoms with E-state index in [0.29, 0.717) is 35.9 Å². The molecule has 192 valence electrons. The first-order valence-corrected chi connectivity index (χ1v) is 12.7. The van der Waals surface area contributed by atoms with Crippen LogP contribution in [0.15, 0.2) is 29.1 Å². The van der Waals surface area contributed by atoms with Crippen LogP contribution in [0.5, 0.6) is 0 Å². The van der Waals surface area contributed by atoms with Crippen LogP contribution in [0.25, 0.3) is 11.2 Å². The molecule has 0 amide bonds. The Morgan fingerprint density at radius 1 is 1.22 bits per heavy atom. The number of aliphatic hydroxyl groups is 1. The van der Waals surface area contributed by atoms with E-state index in [4.69, 9.17) is 4.98 Å². The van der Waals surface area contributed by atoms with E-state index in [1.54, 1.807) is 20.9 Å². The summed E-state index contributed by atoms with van der Waals surface area (Å²) >= 11 is 0. The predicted molar refractivity (Wildman–Crippen MR) is 141 cm³/mol. The molecule has 1 unspecified atom stereocenters. The molecule has 3 aromatic rings. The molecule has 9 heteroatoms. The molecule has 1 N–H and O–H groups in total. The molecule has 4 rings (SSSR count). The summed E-state index contributed by atoms with van der Waals surface area (Å²) in [5.74, 6) is 1.24. The average Bonchev–Trinajstić information content (AvgIpc) is 3.20. The molecule has 3 heterocycles. The van der Waals surface area contributed by atoms with Crippen molar-refractivity contribution >= 4 is 17.0 Å². The lowest BCUT2D eigenvalue weighted by Crippen LogP contribution is -2.57. The lowest BCUT2D eigenvalue weighted by Gasteiger charge is -2.47. The van der Waals surface area contributed by atoms with Gasteiger partial charge in [-0.15, -0.1) is 0 Å². The van der Waals surface area contributed by atoms with E-state index >= 15 is 0 Å². The third-order valence-electron chi connectivity index (χ3n) is 7.47. The van der Waals surface area contributed by atoms with E-state index in [1.807, 2.05) is 23.6 Å². The zero-order valence-electron chi connectivity index (χ0n) is 22.4. The van der Waals surface area contributed by atoms with Crippen molar-refractivity contribution in [3.8, 4) is 6.07 Å². The van der Waals surface area contributed by atoms with Gasteiger partial charge in [0.2, 0.25) is 0 Å². The molecule has 36 heavy (non-hydrogen) atoms. The van der Waals surface area contributed by atoms with Crippen molar-refractivity contribution in [2.45, 2.75) is 78.2 Å². The van der Waals surface area contributed by atoms with Gasteiger partial charge in [-0.05, 0) is 52.7 Å². The largest absolute Gasteiger partial charge is 0.386 e. The van der Waals surface area contributed by atoms with Gasteiger partial charge in [-0.2, -0.15) is 10.2 Å². The number of hydrogen-bond donors (Lipinski definition) is 1. The van der Waals surface area contributed by atoms with Crippen LogP contribution in [-0.4, -0.2) is 54.3 Å². The summed E-state index contributed by atoms with van der Waals surface area (Å²) < 4.78 is 3.46. The number of nitrogens with zero attached hydrogens (tertiary/aromatic N) is 7. The molecule has 1 aliphatic heterocycles. The minimum absolute atomic E-state index is 0.0927. The highest BCUT2D eigenvalue weighted by Gasteiger charge is 2.35. The number of hydrogen-bond acceptors (Lipinski definition) is 7. The van der Waals surface area contributed by atoms with Crippen molar-refractivity contribution < 1.29 is 5.11 Å². The van der Waals surface area contributed by atoms with Crippen molar-refractivity contribution in [1.29, 1.82) is 5.26 Å². The van der Waals surface area contributed by atoms with Gasteiger partial charge in [0.15, 0.2) is 5.82 Å². The van der Waals surface area contributed by atoms with Gasteiger partial charge >= 0.3 is 5.69 Å². The van der Waals surface area contributed by atoms with Crippen molar-refractivity contribution in [1.82, 2.24) is 24.0 Å². The Bertz CT molecular complexity index is 1360. The molecular formula is C27H37N7O2. The number of rotatable bonds is 6. The zero-order chi connectivity index (χ0) is 26.4. The maximum absolute atomic E-state index is 12.9. The fourth-order valence-electron chi connectivity index (χ4n) is 5.39.